The van der Waals surface area contributed by atoms with Crippen molar-refractivity contribution in [2.24, 2.45) is 5.92 Å². The molecule has 1 aromatic carbocycles. The van der Waals surface area contributed by atoms with E-state index >= 15 is 0 Å². The first kappa shape index (κ1) is 21.9. The highest BCUT2D eigenvalue weighted by atomic mass is 32.2. The van der Waals surface area contributed by atoms with Gasteiger partial charge in [0.15, 0.2) is 11.0 Å². The molecule has 3 aromatic heterocycles. The molecule has 0 fully saturated rings. The monoisotopic (exact) mass is 491 g/mol. The van der Waals surface area contributed by atoms with Crippen molar-refractivity contribution < 1.29 is 4.79 Å². The molecule has 0 bridgehead atoms. The number of para-hydroxylation sites is 1. The first-order valence-electron chi connectivity index (χ1n) is 10.7. The minimum absolute atomic E-state index is 0.150. The zero-order valence-electron chi connectivity index (χ0n) is 17.9. The second-order valence-corrected chi connectivity index (χ2v) is 11.0. The number of amides is 1. The maximum atomic E-state index is 12.8. The van der Waals surface area contributed by atoms with E-state index in [9.17, 15) is 10.1 Å². The van der Waals surface area contributed by atoms with E-state index in [2.05, 4.69) is 28.5 Å². The SMILES string of the molecule is CC1CCc2c(sc(NC(=O)CSc3nnc(-c4cccs4)n3-c3ccccc3)c2C#N)C1. The number of thioether (sulfide) groups is 1. The summed E-state index contributed by atoms with van der Waals surface area (Å²) in [5.74, 6) is 1.40. The summed E-state index contributed by atoms with van der Waals surface area (Å²) in [4.78, 5) is 15.1. The fourth-order valence-corrected chi connectivity index (χ4v) is 6.82. The summed E-state index contributed by atoms with van der Waals surface area (Å²) in [6.45, 7) is 2.23. The van der Waals surface area contributed by atoms with Gasteiger partial charge in [0.25, 0.3) is 0 Å². The summed E-state index contributed by atoms with van der Waals surface area (Å²) in [6.07, 6.45) is 2.97. The van der Waals surface area contributed by atoms with Crippen molar-refractivity contribution in [1.29, 1.82) is 5.26 Å². The van der Waals surface area contributed by atoms with Crippen LogP contribution in [0.1, 0.15) is 29.3 Å². The van der Waals surface area contributed by atoms with E-state index < -0.39 is 0 Å². The lowest BCUT2D eigenvalue weighted by molar-refractivity contribution is -0.113. The van der Waals surface area contributed by atoms with Crippen LogP contribution >= 0.6 is 34.4 Å². The molecular weight excluding hydrogens is 470 g/mol. The number of carbonyl (C=O) groups excluding carboxylic acids is 1. The molecular formula is C24H21N5OS3. The molecule has 1 aliphatic rings. The molecule has 5 rings (SSSR count). The molecule has 1 amide bonds. The number of thiophene rings is 2. The predicted octanol–water partition coefficient (Wildman–Crippen LogP) is 5.78. The van der Waals surface area contributed by atoms with Crippen LogP contribution in [0.25, 0.3) is 16.4 Å². The Labute approximate surface area is 204 Å². The molecule has 1 atom stereocenters. The van der Waals surface area contributed by atoms with E-state index in [1.165, 1.54) is 16.6 Å². The lowest BCUT2D eigenvalue weighted by Gasteiger charge is -2.17. The van der Waals surface area contributed by atoms with E-state index in [4.69, 9.17) is 0 Å². The number of benzene rings is 1. The molecule has 0 aliphatic heterocycles. The smallest absolute Gasteiger partial charge is 0.235 e. The van der Waals surface area contributed by atoms with Gasteiger partial charge in [-0.1, -0.05) is 43.0 Å². The average molecular weight is 492 g/mol. The number of nitriles is 1. The quantitative estimate of drug-likeness (QED) is 0.345. The number of nitrogens with zero attached hydrogens (tertiary/aromatic N) is 4. The molecule has 166 valence electrons. The van der Waals surface area contributed by atoms with Gasteiger partial charge < -0.3 is 5.32 Å². The average Bonchev–Trinajstić information content (AvgIpc) is 3.56. The van der Waals surface area contributed by atoms with Gasteiger partial charge in [-0.3, -0.25) is 9.36 Å². The molecule has 1 aliphatic carbocycles. The number of anilines is 1. The highest BCUT2D eigenvalue weighted by Gasteiger charge is 2.25. The third-order valence-electron chi connectivity index (χ3n) is 5.60. The lowest BCUT2D eigenvalue weighted by Crippen LogP contribution is -2.14. The minimum atomic E-state index is -0.150. The molecule has 0 radical (unpaired) electrons. The highest BCUT2D eigenvalue weighted by molar-refractivity contribution is 7.99. The van der Waals surface area contributed by atoms with Crippen molar-refractivity contribution >= 4 is 45.3 Å². The Morgan fingerprint density at radius 3 is 2.88 bits per heavy atom. The summed E-state index contributed by atoms with van der Waals surface area (Å²) < 4.78 is 1.98. The molecule has 1 N–H and O–H groups in total. The number of hydrogen-bond acceptors (Lipinski definition) is 7. The van der Waals surface area contributed by atoms with E-state index in [0.29, 0.717) is 21.6 Å². The summed E-state index contributed by atoms with van der Waals surface area (Å²) in [6, 6.07) is 16.2. The molecule has 4 aromatic rings. The number of nitrogens with one attached hydrogen (secondary N) is 1. The Morgan fingerprint density at radius 1 is 1.27 bits per heavy atom. The second kappa shape index (κ2) is 9.51. The molecule has 6 nitrogen and oxygen atoms in total. The number of rotatable bonds is 6. The summed E-state index contributed by atoms with van der Waals surface area (Å²) in [5, 5.41) is 24.8. The minimum Gasteiger partial charge on any atom is -0.316 e. The van der Waals surface area contributed by atoms with Crippen LogP contribution in [-0.4, -0.2) is 26.4 Å². The predicted molar refractivity (Wildman–Crippen MR) is 134 cm³/mol. The van der Waals surface area contributed by atoms with Gasteiger partial charge in [-0.25, -0.2) is 0 Å². The fourth-order valence-electron chi connectivity index (χ4n) is 3.99. The largest absolute Gasteiger partial charge is 0.316 e. The van der Waals surface area contributed by atoms with Crippen LogP contribution < -0.4 is 5.32 Å². The van der Waals surface area contributed by atoms with E-state index in [0.717, 1.165) is 41.2 Å². The Morgan fingerprint density at radius 2 is 2.12 bits per heavy atom. The number of aromatic nitrogens is 3. The van der Waals surface area contributed by atoms with Crippen LogP contribution in [0.3, 0.4) is 0 Å². The molecule has 9 heteroatoms. The maximum absolute atomic E-state index is 12.8. The van der Waals surface area contributed by atoms with Crippen LogP contribution in [0.2, 0.25) is 0 Å². The first-order chi connectivity index (χ1) is 16.1. The van der Waals surface area contributed by atoms with Crippen LogP contribution in [0.4, 0.5) is 5.00 Å². The number of fused-ring (bicyclic) bond motifs is 1. The Kier molecular flexibility index (Phi) is 6.31. The van der Waals surface area contributed by atoms with Crippen molar-refractivity contribution in [2.45, 2.75) is 31.3 Å². The van der Waals surface area contributed by atoms with Crippen molar-refractivity contribution in [3.8, 4) is 22.5 Å². The van der Waals surface area contributed by atoms with Gasteiger partial charge in [0, 0.05) is 10.6 Å². The highest BCUT2D eigenvalue weighted by Crippen LogP contribution is 2.39. The van der Waals surface area contributed by atoms with Crippen LogP contribution in [0, 0.1) is 17.2 Å². The van der Waals surface area contributed by atoms with Gasteiger partial charge in [0.2, 0.25) is 5.91 Å². The Hall–Kier alpha value is -2.93. The van der Waals surface area contributed by atoms with Gasteiger partial charge in [-0.05, 0) is 54.3 Å². The van der Waals surface area contributed by atoms with Crippen molar-refractivity contribution in [3.63, 3.8) is 0 Å². The molecule has 0 saturated heterocycles. The van der Waals surface area contributed by atoms with Crippen LogP contribution in [0.5, 0.6) is 0 Å². The fraction of sp³-hybridized carbons (Fsp3) is 0.250. The van der Waals surface area contributed by atoms with Gasteiger partial charge in [-0.15, -0.1) is 32.9 Å². The standard InChI is InChI=1S/C24H21N5OS3/c1-15-9-10-17-18(13-25)23(33-20(17)12-15)26-21(30)14-32-24-28-27-22(19-8-5-11-31-19)29(24)16-6-3-2-4-7-16/h2-8,11,15H,9-10,12,14H2,1H3,(H,26,30). The van der Waals surface area contributed by atoms with E-state index in [-0.39, 0.29) is 11.7 Å². The number of hydrogen-bond donors (Lipinski definition) is 1. The zero-order chi connectivity index (χ0) is 22.8. The maximum Gasteiger partial charge on any atom is 0.235 e. The number of carbonyl (C=O) groups is 1. The Balaban J connectivity index is 1.35. The van der Waals surface area contributed by atoms with Gasteiger partial charge in [-0.2, -0.15) is 5.26 Å². The van der Waals surface area contributed by atoms with Crippen molar-refractivity contribution in [1.82, 2.24) is 14.8 Å². The molecule has 1 unspecified atom stereocenters. The summed E-state index contributed by atoms with van der Waals surface area (Å²) in [5.41, 5.74) is 2.70. The lowest BCUT2D eigenvalue weighted by atomic mass is 9.89. The van der Waals surface area contributed by atoms with Crippen molar-refractivity contribution in [2.75, 3.05) is 11.1 Å². The van der Waals surface area contributed by atoms with E-state index in [1.807, 2.05) is 52.4 Å². The second-order valence-electron chi connectivity index (χ2n) is 7.96. The summed E-state index contributed by atoms with van der Waals surface area (Å²) in [7, 11) is 0. The van der Waals surface area contributed by atoms with Crippen LogP contribution in [0.15, 0.2) is 53.0 Å². The van der Waals surface area contributed by atoms with Crippen molar-refractivity contribution in [3.05, 3.63) is 63.8 Å². The first-order valence-corrected chi connectivity index (χ1v) is 13.3. The summed E-state index contributed by atoms with van der Waals surface area (Å²) >= 11 is 4.49. The zero-order valence-corrected chi connectivity index (χ0v) is 20.4. The van der Waals surface area contributed by atoms with Gasteiger partial charge in [0.05, 0.1) is 16.2 Å². The third-order valence-corrected chi connectivity index (χ3v) is 8.56. The Bertz CT molecular complexity index is 1320. The van der Waals surface area contributed by atoms with E-state index in [1.54, 1.807) is 22.7 Å². The molecule has 0 spiro atoms. The molecule has 3 heterocycles. The van der Waals surface area contributed by atoms with Gasteiger partial charge >= 0.3 is 0 Å². The normalized spacial score (nSPS) is 15.1. The topological polar surface area (TPSA) is 83.6 Å². The molecule has 0 saturated carbocycles. The molecule has 33 heavy (non-hydrogen) atoms. The third kappa shape index (κ3) is 4.47. The van der Waals surface area contributed by atoms with Gasteiger partial charge in [0.1, 0.15) is 11.1 Å². The van der Waals surface area contributed by atoms with Crippen LogP contribution in [-0.2, 0) is 17.6 Å².